The molecule has 0 fully saturated rings. The number of nitrogens with zero attached hydrogens (tertiary/aromatic N) is 2. The van der Waals surface area contributed by atoms with E-state index < -0.39 is 0 Å². The van der Waals surface area contributed by atoms with Crippen molar-refractivity contribution >= 4 is 5.96 Å². The van der Waals surface area contributed by atoms with Crippen molar-refractivity contribution in [1.82, 2.24) is 15.5 Å². The number of furan rings is 1. The van der Waals surface area contributed by atoms with Gasteiger partial charge in [0, 0.05) is 13.1 Å². The fraction of sp³-hybridized carbons (Fsp3) is 0.667. The molecule has 0 unspecified atom stereocenters. The Morgan fingerprint density at radius 1 is 1.25 bits per heavy atom. The number of rotatable bonds is 9. The third-order valence-electron chi connectivity index (χ3n) is 3.16. The van der Waals surface area contributed by atoms with Gasteiger partial charge in [-0.1, -0.05) is 13.8 Å². The lowest BCUT2D eigenvalue weighted by Gasteiger charge is -2.18. The molecule has 1 rings (SSSR count). The van der Waals surface area contributed by atoms with Gasteiger partial charge < -0.3 is 20.0 Å². The molecule has 2 N–H and O–H groups in total. The van der Waals surface area contributed by atoms with Gasteiger partial charge in [0.2, 0.25) is 0 Å². The van der Waals surface area contributed by atoms with Crippen molar-refractivity contribution in [2.75, 3.05) is 32.7 Å². The van der Waals surface area contributed by atoms with Crippen LogP contribution >= 0.6 is 0 Å². The molecular formula is C15H28N4O. The van der Waals surface area contributed by atoms with Crippen LogP contribution in [0, 0.1) is 0 Å². The van der Waals surface area contributed by atoms with Crippen LogP contribution in [0.2, 0.25) is 0 Å². The Labute approximate surface area is 122 Å². The highest BCUT2D eigenvalue weighted by Crippen LogP contribution is 2.01. The minimum atomic E-state index is 0.568. The summed E-state index contributed by atoms with van der Waals surface area (Å²) in [6, 6.07) is 3.82. The lowest BCUT2D eigenvalue weighted by molar-refractivity contribution is 0.300. The van der Waals surface area contributed by atoms with Crippen LogP contribution in [0.4, 0.5) is 0 Å². The highest BCUT2D eigenvalue weighted by molar-refractivity contribution is 5.79. The van der Waals surface area contributed by atoms with Gasteiger partial charge in [-0.15, -0.1) is 0 Å². The van der Waals surface area contributed by atoms with Gasteiger partial charge >= 0.3 is 0 Å². The summed E-state index contributed by atoms with van der Waals surface area (Å²) >= 11 is 0. The van der Waals surface area contributed by atoms with E-state index in [2.05, 4.69) is 41.3 Å². The number of aliphatic imine (C=N–C) groups is 1. The molecule has 0 spiro atoms. The van der Waals surface area contributed by atoms with E-state index in [1.165, 1.54) is 0 Å². The fourth-order valence-electron chi connectivity index (χ4n) is 1.95. The molecule has 5 heteroatoms. The van der Waals surface area contributed by atoms with Gasteiger partial charge in [-0.2, -0.15) is 0 Å². The van der Waals surface area contributed by atoms with Crippen molar-refractivity contribution in [2.45, 2.75) is 33.7 Å². The Bertz CT molecular complexity index is 358. The molecule has 0 saturated carbocycles. The maximum atomic E-state index is 5.28. The van der Waals surface area contributed by atoms with Crippen LogP contribution in [-0.2, 0) is 6.54 Å². The zero-order valence-corrected chi connectivity index (χ0v) is 13.0. The van der Waals surface area contributed by atoms with Gasteiger partial charge in [-0.3, -0.25) is 0 Å². The van der Waals surface area contributed by atoms with Gasteiger partial charge in [0.05, 0.1) is 6.26 Å². The SMILES string of the molecule is CCNC(=NCc1ccco1)NCCCN(CC)CC. The zero-order chi connectivity index (χ0) is 14.6. The van der Waals surface area contributed by atoms with E-state index in [0.29, 0.717) is 6.54 Å². The Balaban J connectivity index is 2.29. The van der Waals surface area contributed by atoms with E-state index >= 15 is 0 Å². The van der Waals surface area contributed by atoms with Crippen molar-refractivity contribution in [3.05, 3.63) is 24.2 Å². The van der Waals surface area contributed by atoms with Crippen LogP contribution in [0.15, 0.2) is 27.8 Å². The summed E-state index contributed by atoms with van der Waals surface area (Å²) < 4.78 is 5.28. The molecular weight excluding hydrogens is 252 g/mol. The monoisotopic (exact) mass is 280 g/mol. The lowest BCUT2D eigenvalue weighted by Crippen LogP contribution is -2.38. The maximum Gasteiger partial charge on any atom is 0.191 e. The van der Waals surface area contributed by atoms with Crippen molar-refractivity contribution in [3.63, 3.8) is 0 Å². The standard InChI is InChI=1S/C15H28N4O/c1-4-16-15(18-13-14-9-7-12-20-14)17-10-8-11-19(5-2)6-3/h7,9,12H,4-6,8,10-11,13H2,1-3H3,(H2,16,17,18). The first-order valence-corrected chi connectivity index (χ1v) is 7.57. The average Bonchev–Trinajstić information content (AvgIpc) is 2.98. The zero-order valence-electron chi connectivity index (χ0n) is 13.0. The first-order valence-electron chi connectivity index (χ1n) is 7.57. The van der Waals surface area contributed by atoms with Crippen molar-refractivity contribution in [1.29, 1.82) is 0 Å². The second kappa shape index (κ2) is 10.3. The molecule has 0 saturated heterocycles. The average molecular weight is 280 g/mol. The predicted octanol–water partition coefficient (Wildman–Crippen LogP) is 2.07. The first kappa shape index (κ1) is 16.6. The van der Waals surface area contributed by atoms with Crippen molar-refractivity contribution in [2.24, 2.45) is 4.99 Å². The third kappa shape index (κ3) is 6.61. The van der Waals surface area contributed by atoms with Gasteiger partial charge in [-0.25, -0.2) is 4.99 Å². The van der Waals surface area contributed by atoms with E-state index in [9.17, 15) is 0 Å². The molecule has 1 aromatic heterocycles. The van der Waals surface area contributed by atoms with E-state index in [1.54, 1.807) is 6.26 Å². The van der Waals surface area contributed by atoms with Crippen LogP contribution < -0.4 is 10.6 Å². The van der Waals surface area contributed by atoms with Crippen molar-refractivity contribution < 1.29 is 4.42 Å². The first-order chi connectivity index (χ1) is 9.80. The molecule has 0 aromatic carbocycles. The number of hydrogen-bond donors (Lipinski definition) is 2. The molecule has 0 radical (unpaired) electrons. The molecule has 20 heavy (non-hydrogen) atoms. The fourth-order valence-corrected chi connectivity index (χ4v) is 1.95. The number of nitrogens with one attached hydrogen (secondary N) is 2. The summed E-state index contributed by atoms with van der Waals surface area (Å²) in [6.07, 6.45) is 2.79. The molecule has 0 aliphatic heterocycles. The van der Waals surface area contributed by atoms with Crippen LogP contribution in [0.1, 0.15) is 33.0 Å². The molecule has 114 valence electrons. The summed E-state index contributed by atoms with van der Waals surface area (Å²) in [5.41, 5.74) is 0. The summed E-state index contributed by atoms with van der Waals surface area (Å²) in [6.45, 7) is 12.2. The molecule has 1 aromatic rings. The number of guanidine groups is 1. The molecule has 0 amide bonds. The molecule has 1 heterocycles. The van der Waals surface area contributed by atoms with Crippen LogP contribution in [0.5, 0.6) is 0 Å². The highest BCUT2D eigenvalue weighted by atomic mass is 16.3. The van der Waals surface area contributed by atoms with Crippen molar-refractivity contribution in [3.8, 4) is 0 Å². The van der Waals surface area contributed by atoms with Crippen LogP contribution in [0.25, 0.3) is 0 Å². The number of hydrogen-bond acceptors (Lipinski definition) is 3. The lowest BCUT2D eigenvalue weighted by atomic mass is 10.3. The quantitative estimate of drug-likeness (QED) is 0.413. The Hall–Kier alpha value is -1.49. The largest absolute Gasteiger partial charge is 0.467 e. The highest BCUT2D eigenvalue weighted by Gasteiger charge is 2.01. The van der Waals surface area contributed by atoms with E-state index in [-0.39, 0.29) is 0 Å². The van der Waals surface area contributed by atoms with Gasteiger partial charge in [0.1, 0.15) is 12.3 Å². The van der Waals surface area contributed by atoms with Gasteiger partial charge in [0.15, 0.2) is 5.96 Å². The second-order valence-corrected chi connectivity index (χ2v) is 4.58. The van der Waals surface area contributed by atoms with Gasteiger partial charge in [0.25, 0.3) is 0 Å². The predicted molar refractivity (Wildman–Crippen MR) is 83.9 cm³/mol. The topological polar surface area (TPSA) is 52.8 Å². The maximum absolute atomic E-state index is 5.28. The summed E-state index contributed by atoms with van der Waals surface area (Å²) in [7, 11) is 0. The molecule has 0 aliphatic rings. The normalized spacial score (nSPS) is 11.9. The second-order valence-electron chi connectivity index (χ2n) is 4.58. The van der Waals surface area contributed by atoms with E-state index in [4.69, 9.17) is 4.42 Å². The smallest absolute Gasteiger partial charge is 0.191 e. The third-order valence-corrected chi connectivity index (χ3v) is 3.16. The van der Waals surface area contributed by atoms with E-state index in [1.807, 2.05) is 12.1 Å². The Kier molecular flexibility index (Phi) is 8.54. The molecule has 0 bridgehead atoms. The van der Waals surface area contributed by atoms with E-state index in [0.717, 1.165) is 50.9 Å². The Morgan fingerprint density at radius 3 is 2.65 bits per heavy atom. The molecule has 5 nitrogen and oxygen atoms in total. The minimum Gasteiger partial charge on any atom is -0.467 e. The van der Waals surface area contributed by atoms with Crippen LogP contribution in [-0.4, -0.2) is 43.6 Å². The summed E-state index contributed by atoms with van der Waals surface area (Å²) in [4.78, 5) is 6.93. The molecule has 0 aliphatic carbocycles. The minimum absolute atomic E-state index is 0.568. The van der Waals surface area contributed by atoms with Crippen LogP contribution in [0.3, 0.4) is 0 Å². The van der Waals surface area contributed by atoms with Gasteiger partial charge in [-0.05, 0) is 45.1 Å². The molecule has 0 atom stereocenters. The summed E-state index contributed by atoms with van der Waals surface area (Å²) in [5.74, 6) is 1.73. The summed E-state index contributed by atoms with van der Waals surface area (Å²) in [5, 5.41) is 6.60. The Morgan fingerprint density at radius 2 is 2.05 bits per heavy atom.